The lowest BCUT2D eigenvalue weighted by Crippen LogP contribution is -2.49. The SMILES string of the molecule is CC1(CNCC2CCCN(S(C)(=O)=O)C2)COC1. The zero-order valence-electron chi connectivity index (χ0n) is 11.3. The first kappa shape index (κ1) is 14.2. The van der Waals surface area contributed by atoms with E-state index in [1.165, 1.54) is 6.26 Å². The number of piperidine rings is 1. The van der Waals surface area contributed by atoms with Crippen LogP contribution in [0.15, 0.2) is 0 Å². The number of sulfonamides is 1. The van der Waals surface area contributed by atoms with Crippen LogP contribution >= 0.6 is 0 Å². The van der Waals surface area contributed by atoms with Crippen molar-refractivity contribution in [1.29, 1.82) is 0 Å². The van der Waals surface area contributed by atoms with Crippen molar-refractivity contribution >= 4 is 10.0 Å². The lowest BCUT2D eigenvalue weighted by Gasteiger charge is -2.39. The molecule has 0 aromatic carbocycles. The van der Waals surface area contributed by atoms with Gasteiger partial charge >= 0.3 is 0 Å². The van der Waals surface area contributed by atoms with Gasteiger partial charge in [-0.15, -0.1) is 0 Å². The van der Waals surface area contributed by atoms with E-state index in [2.05, 4.69) is 12.2 Å². The summed E-state index contributed by atoms with van der Waals surface area (Å²) in [5.74, 6) is 0.443. The number of nitrogens with one attached hydrogen (secondary N) is 1. The molecule has 2 aliphatic heterocycles. The standard InChI is InChI=1S/C12H24N2O3S/c1-12(9-17-10-12)8-13-6-11-4-3-5-14(7-11)18(2,15)16/h11,13H,3-10H2,1-2H3. The molecule has 0 aromatic rings. The van der Waals surface area contributed by atoms with Crippen LogP contribution in [0.5, 0.6) is 0 Å². The van der Waals surface area contributed by atoms with Crippen LogP contribution < -0.4 is 5.32 Å². The third-order valence-electron chi connectivity index (χ3n) is 3.84. The van der Waals surface area contributed by atoms with Crippen LogP contribution in [0.1, 0.15) is 19.8 Å². The molecule has 2 heterocycles. The first-order valence-corrected chi connectivity index (χ1v) is 8.47. The Morgan fingerprint density at radius 2 is 2.17 bits per heavy atom. The Labute approximate surface area is 110 Å². The number of hydrogen-bond acceptors (Lipinski definition) is 4. The molecule has 0 bridgehead atoms. The summed E-state index contributed by atoms with van der Waals surface area (Å²) in [4.78, 5) is 0. The van der Waals surface area contributed by atoms with Crippen LogP contribution in [0.2, 0.25) is 0 Å². The molecular formula is C12H24N2O3S. The monoisotopic (exact) mass is 276 g/mol. The molecule has 6 heteroatoms. The smallest absolute Gasteiger partial charge is 0.211 e. The summed E-state index contributed by atoms with van der Waals surface area (Å²) < 4.78 is 29.8. The highest BCUT2D eigenvalue weighted by Gasteiger charge is 2.33. The van der Waals surface area contributed by atoms with Gasteiger partial charge in [-0.2, -0.15) is 0 Å². The number of ether oxygens (including phenoxy) is 1. The van der Waals surface area contributed by atoms with Crippen molar-refractivity contribution in [3.05, 3.63) is 0 Å². The molecule has 0 aliphatic carbocycles. The van der Waals surface area contributed by atoms with Gasteiger partial charge in [0.1, 0.15) is 0 Å². The van der Waals surface area contributed by atoms with E-state index in [4.69, 9.17) is 4.74 Å². The van der Waals surface area contributed by atoms with E-state index in [9.17, 15) is 8.42 Å². The average molecular weight is 276 g/mol. The molecule has 18 heavy (non-hydrogen) atoms. The van der Waals surface area contributed by atoms with Gasteiger partial charge in [0.2, 0.25) is 10.0 Å². The fourth-order valence-electron chi connectivity index (χ4n) is 2.63. The van der Waals surface area contributed by atoms with Gasteiger partial charge in [0, 0.05) is 25.0 Å². The van der Waals surface area contributed by atoms with Gasteiger partial charge in [-0.25, -0.2) is 12.7 Å². The van der Waals surface area contributed by atoms with Crippen molar-refractivity contribution in [2.45, 2.75) is 19.8 Å². The third-order valence-corrected chi connectivity index (χ3v) is 5.11. The molecule has 2 fully saturated rings. The highest BCUT2D eigenvalue weighted by molar-refractivity contribution is 7.88. The average Bonchev–Trinajstić information content (AvgIpc) is 2.26. The third kappa shape index (κ3) is 3.66. The molecule has 106 valence electrons. The molecule has 1 unspecified atom stereocenters. The maximum absolute atomic E-state index is 11.5. The summed E-state index contributed by atoms with van der Waals surface area (Å²) in [5, 5.41) is 3.47. The van der Waals surface area contributed by atoms with Gasteiger partial charge in [0.15, 0.2) is 0 Å². The number of rotatable bonds is 5. The molecule has 2 aliphatic rings. The predicted octanol–water partition coefficient (Wildman–Crippen LogP) is 0.284. The fourth-order valence-corrected chi connectivity index (χ4v) is 3.57. The summed E-state index contributed by atoms with van der Waals surface area (Å²) in [6.45, 7) is 7.09. The molecular weight excluding hydrogens is 252 g/mol. The lowest BCUT2D eigenvalue weighted by atomic mass is 9.88. The van der Waals surface area contributed by atoms with Gasteiger partial charge in [0.05, 0.1) is 19.5 Å². The summed E-state index contributed by atoms with van der Waals surface area (Å²) in [6.07, 6.45) is 3.39. The number of nitrogens with zero attached hydrogens (tertiary/aromatic N) is 1. The first-order chi connectivity index (χ1) is 8.39. The van der Waals surface area contributed by atoms with Crippen LogP contribution in [-0.2, 0) is 14.8 Å². The molecule has 0 amide bonds. The minimum atomic E-state index is -3.02. The minimum Gasteiger partial charge on any atom is -0.380 e. The van der Waals surface area contributed by atoms with Crippen molar-refractivity contribution in [3.63, 3.8) is 0 Å². The van der Waals surface area contributed by atoms with E-state index in [-0.39, 0.29) is 5.41 Å². The zero-order chi connectivity index (χ0) is 13.2. The van der Waals surface area contributed by atoms with Gasteiger partial charge in [-0.3, -0.25) is 0 Å². The Morgan fingerprint density at radius 3 is 2.72 bits per heavy atom. The highest BCUT2D eigenvalue weighted by atomic mass is 32.2. The molecule has 1 N–H and O–H groups in total. The van der Waals surface area contributed by atoms with E-state index in [0.29, 0.717) is 19.0 Å². The van der Waals surface area contributed by atoms with Gasteiger partial charge in [-0.05, 0) is 25.3 Å². The first-order valence-electron chi connectivity index (χ1n) is 6.63. The van der Waals surface area contributed by atoms with Crippen LogP contribution in [0.4, 0.5) is 0 Å². The van der Waals surface area contributed by atoms with E-state index in [0.717, 1.165) is 39.1 Å². The Balaban J connectivity index is 1.72. The van der Waals surface area contributed by atoms with Gasteiger partial charge < -0.3 is 10.1 Å². The fraction of sp³-hybridized carbons (Fsp3) is 1.00. The topological polar surface area (TPSA) is 58.6 Å². The van der Waals surface area contributed by atoms with Crippen molar-refractivity contribution in [1.82, 2.24) is 9.62 Å². The van der Waals surface area contributed by atoms with Gasteiger partial charge in [0.25, 0.3) is 0 Å². The van der Waals surface area contributed by atoms with Crippen LogP contribution in [0, 0.1) is 11.3 Å². The molecule has 0 saturated carbocycles. The molecule has 0 radical (unpaired) electrons. The predicted molar refractivity (Wildman–Crippen MR) is 70.9 cm³/mol. The van der Waals surface area contributed by atoms with Crippen LogP contribution in [0.3, 0.4) is 0 Å². The zero-order valence-corrected chi connectivity index (χ0v) is 12.1. The summed E-state index contributed by atoms with van der Waals surface area (Å²) in [7, 11) is -3.02. The minimum absolute atomic E-state index is 0.283. The maximum atomic E-state index is 11.5. The van der Waals surface area contributed by atoms with Crippen molar-refractivity contribution < 1.29 is 13.2 Å². The largest absolute Gasteiger partial charge is 0.380 e. The summed E-state index contributed by atoms with van der Waals surface area (Å²) >= 11 is 0. The second-order valence-corrected chi connectivity index (χ2v) is 8.05. The van der Waals surface area contributed by atoms with Crippen molar-refractivity contribution in [3.8, 4) is 0 Å². The molecule has 1 atom stereocenters. The van der Waals surface area contributed by atoms with Crippen LogP contribution in [-0.4, -0.2) is 58.4 Å². The van der Waals surface area contributed by atoms with E-state index in [1.54, 1.807) is 4.31 Å². The second-order valence-electron chi connectivity index (χ2n) is 6.06. The Kier molecular flexibility index (Phi) is 4.31. The van der Waals surface area contributed by atoms with Gasteiger partial charge in [-0.1, -0.05) is 6.92 Å². The number of hydrogen-bond donors (Lipinski definition) is 1. The van der Waals surface area contributed by atoms with E-state index in [1.807, 2.05) is 0 Å². The molecule has 0 spiro atoms. The molecule has 2 saturated heterocycles. The highest BCUT2D eigenvalue weighted by Crippen LogP contribution is 2.25. The van der Waals surface area contributed by atoms with Crippen molar-refractivity contribution in [2.75, 3.05) is 45.6 Å². The quantitative estimate of drug-likeness (QED) is 0.784. The Morgan fingerprint density at radius 1 is 1.44 bits per heavy atom. The lowest BCUT2D eigenvalue weighted by molar-refractivity contribution is -0.0993. The van der Waals surface area contributed by atoms with E-state index < -0.39 is 10.0 Å². The summed E-state index contributed by atoms with van der Waals surface area (Å²) in [5.41, 5.74) is 0.283. The van der Waals surface area contributed by atoms with E-state index >= 15 is 0 Å². The molecule has 0 aromatic heterocycles. The normalized spacial score (nSPS) is 28.9. The Bertz CT molecular complexity index is 379. The van der Waals surface area contributed by atoms with Crippen LogP contribution in [0.25, 0.3) is 0 Å². The molecule has 5 nitrogen and oxygen atoms in total. The molecule has 2 rings (SSSR count). The Hall–Kier alpha value is -0.170. The maximum Gasteiger partial charge on any atom is 0.211 e. The second kappa shape index (κ2) is 5.45. The summed E-state index contributed by atoms with van der Waals surface area (Å²) in [6, 6.07) is 0. The van der Waals surface area contributed by atoms with Crippen molar-refractivity contribution in [2.24, 2.45) is 11.3 Å².